The summed E-state index contributed by atoms with van der Waals surface area (Å²) in [5.41, 5.74) is 6.01. The van der Waals surface area contributed by atoms with Gasteiger partial charge in [-0.2, -0.15) is 0 Å². The zero-order chi connectivity index (χ0) is 17.6. The zero-order valence-electron chi connectivity index (χ0n) is 15.0. The van der Waals surface area contributed by atoms with Gasteiger partial charge in [0.1, 0.15) is 5.82 Å². The first-order valence-electron chi connectivity index (χ1n) is 9.45. The third-order valence-corrected chi connectivity index (χ3v) is 5.13. The Bertz CT molecular complexity index is 761. The topological polar surface area (TPSA) is 20.2 Å². The van der Waals surface area contributed by atoms with Gasteiger partial charge < -0.3 is 5.11 Å². The maximum absolute atomic E-state index is 14.6. The average molecular weight is 338 g/mol. The van der Waals surface area contributed by atoms with E-state index in [4.69, 9.17) is 0 Å². The van der Waals surface area contributed by atoms with Gasteiger partial charge in [-0.1, -0.05) is 44.0 Å². The molecule has 1 aliphatic carbocycles. The van der Waals surface area contributed by atoms with Crippen molar-refractivity contribution in [1.29, 1.82) is 0 Å². The molecular formula is C23H27FO. The van der Waals surface area contributed by atoms with Crippen LogP contribution in [0.4, 0.5) is 4.39 Å². The third-order valence-electron chi connectivity index (χ3n) is 5.13. The second-order valence-electron chi connectivity index (χ2n) is 6.89. The monoisotopic (exact) mass is 338 g/mol. The van der Waals surface area contributed by atoms with Crippen LogP contribution in [-0.2, 0) is 13.0 Å². The van der Waals surface area contributed by atoms with Crippen molar-refractivity contribution in [1.82, 2.24) is 0 Å². The zero-order valence-corrected chi connectivity index (χ0v) is 15.0. The minimum absolute atomic E-state index is 0.0119. The number of hydrogen-bond donors (Lipinski definition) is 1. The van der Waals surface area contributed by atoms with Gasteiger partial charge in [0.15, 0.2) is 0 Å². The van der Waals surface area contributed by atoms with Crippen LogP contribution in [0.3, 0.4) is 0 Å². The Kier molecular flexibility index (Phi) is 6.04. The molecule has 0 aliphatic heterocycles. The van der Waals surface area contributed by atoms with Gasteiger partial charge in [-0.3, -0.25) is 0 Å². The summed E-state index contributed by atoms with van der Waals surface area (Å²) in [6.45, 7) is 2.10. The highest BCUT2D eigenvalue weighted by Gasteiger charge is 2.15. The molecule has 0 fully saturated rings. The van der Waals surface area contributed by atoms with Crippen LogP contribution in [0.15, 0.2) is 42.5 Å². The molecule has 0 amide bonds. The minimum atomic E-state index is -0.179. The number of rotatable bonds is 4. The molecule has 2 heteroatoms. The van der Waals surface area contributed by atoms with E-state index in [-0.39, 0.29) is 12.4 Å². The van der Waals surface area contributed by atoms with Gasteiger partial charge in [0.2, 0.25) is 0 Å². The highest BCUT2D eigenvalue weighted by molar-refractivity contribution is 5.82. The molecule has 132 valence electrons. The number of halogens is 1. The summed E-state index contributed by atoms with van der Waals surface area (Å²) < 4.78 is 14.6. The lowest BCUT2D eigenvalue weighted by molar-refractivity contribution is 0.282. The molecule has 0 saturated heterocycles. The van der Waals surface area contributed by atoms with E-state index in [1.165, 1.54) is 31.3 Å². The molecule has 0 heterocycles. The molecule has 1 aliphatic rings. The van der Waals surface area contributed by atoms with Crippen molar-refractivity contribution in [2.24, 2.45) is 0 Å². The predicted octanol–water partition coefficient (Wildman–Crippen LogP) is 6.29. The second-order valence-corrected chi connectivity index (χ2v) is 6.89. The van der Waals surface area contributed by atoms with Crippen LogP contribution >= 0.6 is 0 Å². The van der Waals surface area contributed by atoms with Crippen molar-refractivity contribution < 1.29 is 9.50 Å². The summed E-state index contributed by atoms with van der Waals surface area (Å²) in [6.07, 6.45) is 10.3. The fourth-order valence-corrected chi connectivity index (χ4v) is 3.63. The quantitative estimate of drug-likeness (QED) is 0.695. The Morgan fingerprint density at radius 1 is 0.880 bits per heavy atom. The average Bonchev–Trinajstić information content (AvgIpc) is 2.62. The van der Waals surface area contributed by atoms with Crippen LogP contribution in [0.5, 0.6) is 0 Å². The lowest BCUT2D eigenvalue weighted by Gasteiger charge is -2.18. The summed E-state index contributed by atoms with van der Waals surface area (Å²) in [5.74, 6) is -0.179. The Morgan fingerprint density at radius 3 is 2.44 bits per heavy atom. The van der Waals surface area contributed by atoms with Gasteiger partial charge >= 0.3 is 0 Å². The van der Waals surface area contributed by atoms with Gasteiger partial charge in [-0.15, -0.1) is 0 Å². The summed E-state index contributed by atoms with van der Waals surface area (Å²) in [7, 11) is 0. The summed E-state index contributed by atoms with van der Waals surface area (Å²) in [5, 5.41) is 9.57. The van der Waals surface area contributed by atoms with Crippen molar-refractivity contribution in [2.75, 3.05) is 0 Å². The van der Waals surface area contributed by atoms with Crippen molar-refractivity contribution in [2.45, 2.75) is 58.5 Å². The number of aryl methyl sites for hydroxylation is 1. The molecule has 0 radical (unpaired) electrons. The van der Waals surface area contributed by atoms with E-state index in [0.29, 0.717) is 5.56 Å². The van der Waals surface area contributed by atoms with Crippen LogP contribution in [0.1, 0.15) is 62.1 Å². The van der Waals surface area contributed by atoms with E-state index in [0.717, 1.165) is 41.5 Å². The van der Waals surface area contributed by atoms with E-state index in [2.05, 4.69) is 13.0 Å². The Balaban J connectivity index is 2.13. The summed E-state index contributed by atoms with van der Waals surface area (Å²) in [4.78, 5) is 0. The van der Waals surface area contributed by atoms with Crippen molar-refractivity contribution in [3.05, 3.63) is 65.0 Å². The molecule has 25 heavy (non-hydrogen) atoms. The van der Waals surface area contributed by atoms with E-state index in [1.807, 2.05) is 30.3 Å². The molecule has 2 aromatic carbocycles. The highest BCUT2D eigenvalue weighted by Crippen LogP contribution is 2.35. The molecule has 1 nitrogen and oxygen atoms in total. The predicted molar refractivity (Wildman–Crippen MR) is 103 cm³/mol. The van der Waals surface area contributed by atoms with Crippen LogP contribution in [0.25, 0.3) is 16.7 Å². The first-order valence-corrected chi connectivity index (χ1v) is 9.45. The second kappa shape index (κ2) is 8.44. The van der Waals surface area contributed by atoms with Gasteiger partial charge in [-0.25, -0.2) is 4.39 Å². The molecule has 1 N–H and O–H groups in total. The number of allylic oxidation sites excluding steroid dienone is 2. The molecule has 0 atom stereocenters. The maximum Gasteiger partial charge on any atom is 0.131 e. The summed E-state index contributed by atoms with van der Waals surface area (Å²) in [6, 6.07) is 11.3. The van der Waals surface area contributed by atoms with E-state index in [1.54, 1.807) is 6.07 Å². The molecule has 0 unspecified atom stereocenters. The first kappa shape index (κ1) is 17.9. The van der Waals surface area contributed by atoms with E-state index in [9.17, 15) is 9.50 Å². The maximum atomic E-state index is 14.6. The van der Waals surface area contributed by atoms with Gasteiger partial charge in [0.25, 0.3) is 0 Å². The van der Waals surface area contributed by atoms with Crippen LogP contribution in [0, 0.1) is 5.82 Å². The van der Waals surface area contributed by atoms with Crippen molar-refractivity contribution in [3.63, 3.8) is 0 Å². The first-order chi connectivity index (χ1) is 12.2. The SMILES string of the molecule is CCc1ccc(F)c(-c2ccc(CO)cc2C2=CCCCCCC2)c1. The number of hydrogen-bond acceptors (Lipinski definition) is 1. The Labute approximate surface area is 150 Å². The normalized spacial score (nSPS) is 15.4. The lowest BCUT2D eigenvalue weighted by atomic mass is 9.87. The molecule has 3 rings (SSSR count). The number of aliphatic hydroxyl groups excluding tert-OH is 1. The minimum Gasteiger partial charge on any atom is -0.392 e. The number of aliphatic hydroxyl groups is 1. The van der Waals surface area contributed by atoms with Crippen LogP contribution in [0.2, 0.25) is 0 Å². The van der Waals surface area contributed by atoms with Crippen molar-refractivity contribution >= 4 is 5.57 Å². The molecule has 0 aromatic heterocycles. The van der Waals surface area contributed by atoms with Gasteiger partial charge in [0, 0.05) is 5.56 Å². The van der Waals surface area contributed by atoms with Crippen LogP contribution in [-0.4, -0.2) is 5.11 Å². The Morgan fingerprint density at radius 2 is 1.64 bits per heavy atom. The van der Waals surface area contributed by atoms with Gasteiger partial charge in [0.05, 0.1) is 6.61 Å². The Hall–Kier alpha value is -1.93. The summed E-state index contributed by atoms with van der Waals surface area (Å²) >= 11 is 0. The van der Waals surface area contributed by atoms with E-state index >= 15 is 0 Å². The third kappa shape index (κ3) is 4.19. The smallest absolute Gasteiger partial charge is 0.131 e. The fourth-order valence-electron chi connectivity index (χ4n) is 3.63. The molecule has 0 spiro atoms. The van der Waals surface area contributed by atoms with Gasteiger partial charge in [-0.05, 0) is 78.1 Å². The molecule has 0 bridgehead atoms. The molecule has 0 saturated carbocycles. The largest absolute Gasteiger partial charge is 0.392 e. The molecule has 2 aromatic rings. The number of benzene rings is 2. The fraction of sp³-hybridized carbons (Fsp3) is 0.391. The van der Waals surface area contributed by atoms with Crippen LogP contribution < -0.4 is 0 Å². The van der Waals surface area contributed by atoms with E-state index < -0.39 is 0 Å². The highest BCUT2D eigenvalue weighted by atomic mass is 19.1. The van der Waals surface area contributed by atoms with Crippen molar-refractivity contribution in [3.8, 4) is 11.1 Å². The lowest BCUT2D eigenvalue weighted by Crippen LogP contribution is -1.98. The molecular weight excluding hydrogens is 311 g/mol. The standard InChI is InChI=1S/C23H27FO/c1-2-17-11-13-23(24)22(14-17)20-12-10-18(16-25)15-21(20)19-8-6-4-3-5-7-9-19/h8,10-15,25H,2-7,9,16H2,1H3.